The van der Waals surface area contributed by atoms with Gasteiger partial charge in [0.15, 0.2) is 0 Å². The van der Waals surface area contributed by atoms with Crippen LogP contribution in [0.2, 0.25) is 0 Å². The summed E-state index contributed by atoms with van der Waals surface area (Å²) in [5.74, 6) is 1.94. The van der Waals surface area contributed by atoms with Crippen LogP contribution in [0.4, 0.5) is 0 Å². The highest BCUT2D eigenvalue weighted by molar-refractivity contribution is 5.76. The summed E-state index contributed by atoms with van der Waals surface area (Å²) >= 11 is 0. The van der Waals surface area contributed by atoms with Gasteiger partial charge < -0.3 is 9.64 Å². The molecule has 2 aromatic carbocycles. The van der Waals surface area contributed by atoms with E-state index in [0.717, 1.165) is 51.3 Å². The van der Waals surface area contributed by atoms with Crippen LogP contribution in [0.1, 0.15) is 49.7 Å². The summed E-state index contributed by atoms with van der Waals surface area (Å²) in [7, 11) is 0. The van der Waals surface area contributed by atoms with Crippen LogP contribution < -0.4 is 4.74 Å². The van der Waals surface area contributed by atoms with Crippen molar-refractivity contribution in [2.24, 2.45) is 5.92 Å². The molecule has 2 aliphatic rings. The maximum Gasteiger partial charge on any atom is 0.222 e. The van der Waals surface area contributed by atoms with Crippen molar-refractivity contribution in [3.63, 3.8) is 0 Å². The van der Waals surface area contributed by atoms with E-state index in [4.69, 9.17) is 4.74 Å². The fraction of sp³-hybridized carbons (Fsp3) is 0.500. The maximum absolute atomic E-state index is 12.3. The minimum Gasteiger partial charge on any atom is -0.489 e. The zero-order valence-electron chi connectivity index (χ0n) is 18.0. The molecule has 2 aliphatic heterocycles. The van der Waals surface area contributed by atoms with Crippen LogP contribution >= 0.6 is 0 Å². The van der Waals surface area contributed by atoms with Crippen molar-refractivity contribution in [1.82, 2.24) is 9.80 Å². The molecule has 0 unspecified atom stereocenters. The first-order valence-electron chi connectivity index (χ1n) is 11.5. The van der Waals surface area contributed by atoms with Gasteiger partial charge in [-0.15, -0.1) is 0 Å². The van der Waals surface area contributed by atoms with Gasteiger partial charge in [0.1, 0.15) is 12.4 Å². The Morgan fingerprint density at radius 2 is 1.67 bits per heavy atom. The Morgan fingerprint density at radius 3 is 2.43 bits per heavy atom. The van der Waals surface area contributed by atoms with Gasteiger partial charge in [-0.25, -0.2) is 0 Å². The van der Waals surface area contributed by atoms with Gasteiger partial charge in [-0.2, -0.15) is 0 Å². The summed E-state index contributed by atoms with van der Waals surface area (Å²) in [5, 5.41) is 0. The van der Waals surface area contributed by atoms with Crippen molar-refractivity contribution >= 4 is 5.91 Å². The molecule has 1 atom stereocenters. The molecule has 0 aromatic heterocycles. The Morgan fingerprint density at radius 1 is 0.900 bits per heavy atom. The average molecular weight is 407 g/mol. The van der Waals surface area contributed by atoms with Crippen LogP contribution in [0.3, 0.4) is 0 Å². The highest BCUT2D eigenvalue weighted by atomic mass is 16.5. The molecular weight excluding hydrogens is 372 g/mol. The number of hydrogen-bond donors (Lipinski definition) is 0. The van der Waals surface area contributed by atoms with E-state index in [0.29, 0.717) is 18.4 Å². The predicted molar refractivity (Wildman–Crippen MR) is 120 cm³/mol. The second kappa shape index (κ2) is 10.6. The molecule has 2 saturated heterocycles. The predicted octanol–water partition coefficient (Wildman–Crippen LogP) is 4.88. The van der Waals surface area contributed by atoms with E-state index < -0.39 is 0 Å². The molecule has 0 aliphatic carbocycles. The monoisotopic (exact) mass is 406 g/mol. The summed E-state index contributed by atoms with van der Waals surface area (Å²) in [5.41, 5.74) is 2.51. The molecule has 2 aromatic rings. The minimum atomic E-state index is 0.371. The first kappa shape index (κ1) is 20.9. The summed E-state index contributed by atoms with van der Waals surface area (Å²) in [4.78, 5) is 16.9. The Hall–Kier alpha value is -2.33. The SMILES string of the molecule is O=C(CC[C@H]1CCCN(Cc2ccc(OCc3ccccc3)cc2)C1)N1CCCC1. The van der Waals surface area contributed by atoms with Gasteiger partial charge in [0.05, 0.1) is 0 Å². The molecule has 2 heterocycles. The Labute approximate surface area is 180 Å². The highest BCUT2D eigenvalue weighted by Crippen LogP contribution is 2.24. The number of likely N-dealkylation sites (tertiary alicyclic amines) is 2. The second-order valence-corrected chi connectivity index (χ2v) is 8.79. The number of ether oxygens (including phenoxy) is 1. The number of rotatable bonds is 8. The molecule has 2 fully saturated rings. The lowest BCUT2D eigenvalue weighted by atomic mass is 9.93. The van der Waals surface area contributed by atoms with E-state index in [2.05, 4.69) is 46.2 Å². The van der Waals surface area contributed by atoms with Crippen LogP contribution in [0.15, 0.2) is 54.6 Å². The van der Waals surface area contributed by atoms with Gasteiger partial charge in [-0.05, 0) is 67.8 Å². The van der Waals surface area contributed by atoms with Gasteiger partial charge in [-0.3, -0.25) is 9.69 Å². The molecular formula is C26H34N2O2. The Balaban J connectivity index is 1.21. The summed E-state index contributed by atoms with van der Waals surface area (Å²) in [6.07, 6.45) is 6.62. The standard InChI is InChI=1S/C26H34N2O2/c29-26(28-17-4-5-18-28)15-12-22-9-6-16-27(19-22)20-23-10-13-25(14-11-23)30-21-24-7-2-1-3-8-24/h1-3,7-8,10-11,13-14,22H,4-6,9,12,15-21H2/t22-/m1/s1. The van der Waals surface area contributed by atoms with Gasteiger partial charge in [0.25, 0.3) is 0 Å². The van der Waals surface area contributed by atoms with E-state index >= 15 is 0 Å². The number of carbonyl (C=O) groups excluding carboxylic acids is 1. The lowest BCUT2D eigenvalue weighted by Crippen LogP contribution is -2.35. The van der Waals surface area contributed by atoms with E-state index in [9.17, 15) is 4.79 Å². The quantitative estimate of drug-likeness (QED) is 0.626. The van der Waals surface area contributed by atoms with Crippen molar-refractivity contribution in [3.05, 3.63) is 65.7 Å². The second-order valence-electron chi connectivity index (χ2n) is 8.79. The zero-order valence-corrected chi connectivity index (χ0v) is 18.0. The molecule has 0 N–H and O–H groups in total. The summed E-state index contributed by atoms with van der Waals surface area (Å²) in [6, 6.07) is 18.8. The number of nitrogens with zero attached hydrogens (tertiary/aromatic N) is 2. The smallest absolute Gasteiger partial charge is 0.222 e. The molecule has 0 spiro atoms. The van der Waals surface area contributed by atoms with Crippen LogP contribution in [0, 0.1) is 5.92 Å². The molecule has 0 radical (unpaired) electrons. The Bertz CT molecular complexity index is 784. The number of hydrogen-bond acceptors (Lipinski definition) is 3. The van der Waals surface area contributed by atoms with Crippen molar-refractivity contribution in [3.8, 4) is 5.75 Å². The fourth-order valence-electron chi connectivity index (χ4n) is 4.67. The van der Waals surface area contributed by atoms with Crippen molar-refractivity contribution < 1.29 is 9.53 Å². The van der Waals surface area contributed by atoms with Crippen LogP contribution in [-0.2, 0) is 17.9 Å². The third kappa shape index (κ3) is 6.09. The number of amides is 1. The number of carbonyl (C=O) groups is 1. The van der Waals surface area contributed by atoms with Crippen molar-refractivity contribution in [1.29, 1.82) is 0 Å². The molecule has 4 nitrogen and oxygen atoms in total. The lowest BCUT2D eigenvalue weighted by molar-refractivity contribution is -0.130. The van der Waals surface area contributed by atoms with Gasteiger partial charge in [0.2, 0.25) is 5.91 Å². The summed E-state index contributed by atoms with van der Waals surface area (Å²) < 4.78 is 5.90. The van der Waals surface area contributed by atoms with E-state index in [-0.39, 0.29) is 0 Å². The molecule has 1 amide bonds. The maximum atomic E-state index is 12.3. The largest absolute Gasteiger partial charge is 0.489 e. The van der Waals surface area contributed by atoms with Crippen molar-refractivity contribution in [2.75, 3.05) is 26.2 Å². The summed E-state index contributed by atoms with van der Waals surface area (Å²) in [6.45, 7) is 5.80. The molecule has 160 valence electrons. The molecule has 4 heteroatoms. The van der Waals surface area contributed by atoms with Gasteiger partial charge in [-0.1, -0.05) is 42.5 Å². The fourth-order valence-corrected chi connectivity index (χ4v) is 4.67. The normalized spacial score (nSPS) is 19.7. The van der Waals surface area contributed by atoms with E-state index in [1.807, 2.05) is 18.2 Å². The van der Waals surface area contributed by atoms with Crippen molar-refractivity contribution in [2.45, 2.75) is 51.7 Å². The molecule has 4 rings (SSSR count). The van der Waals surface area contributed by atoms with Gasteiger partial charge in [0, 0.05) is 32.6 Å². The first-order chi connectivity index (χ1) is 14.8. The first-order valence-corrected chi connectivity index (χ1v) is 11.5. The average Bonchev–Trinajstić information content (AvgIpc) is 3.33. The number of benzene rings is 2. The minimum absolute atomic E-state index is 0.371. The van der Waals surface area contributed by atoms with Crippen LogP contribution in [0.25, 0.3) is 0 Å². The van der Waals surface area contributed by atoms with Gasteiger partial charge >= 0.3 is 0 Å². The lowest BCUT2D eigenvalue weighted by Gasteiger charge is -2.33. The van der Waals surface area contributed by atoms with Crippen LogP contribution in [-0.4, -0.2) is 41.9 Å². The zero-order chi connectivity index (χ0) is 20.6. The van der Waals surface area contributed by atoms with E-state index in [1.54, 1.807) is 0 Å². The van der Waals surface area contributed by atoms with Crippen LogP contribution in [0.5, 0.6) is 5.75 Å². The molecule has 30 heavy (non-hydrogen) atoms. The Kier molecular flexibility index (Phi) is 7.41. The third-order valence-electron chi connectivity index (χ3n) is 6.41. The number of piperidine rings is 1. The molecule has 0 bridgehead atoms. The highest BCUT2D eigenvalue weighted by Gasteiger charge is 2.23. The topological polar surface area (TPSA) is 32.8 Å². The molecule has 0 saturated carbocycles. The third-order valence-corrected chi connectivity index (χ3v) is 6.41. The van der Waals surface area contributed by atoms with E-state index in [1.165, 1.54) is 36.8 Å².